The molecule has 0 heterocycles. The van der Waals surface area contributed by atoms with Crippen LogP contribution in [0.5, 0.6) is 0 Å². The number of carboxylic acids is 1. The van der Waals surface area contributed by atoms with E-state index in [-0.39, 0.29) is 4.90 Å². The number of carbonyl (C=O) groups is 1. The van der Waals surface area contributed by atoms with E-state index in [9.17, 15) is 13.2 Å². The first-order chi connectivity index (χ1) is 8.54. The average molecular weight is 303 g/mol. The third kappa shape index (κ3) is 4.22. The summed E-state index contributed by atoms with van der Waals surface area (Å²) >= 11 is 4.12. The topological polar surface area (TPSA) is 83.5 Å². The van der Waals surface area contributed by atoms with Gasteiger partial charge in [-0.2, -0.15) is 17.4 Å². The predicted octanol–water partition coefficient (Wildman–Crippen LogP) is 1.43. The summed E-state index contributed by atoms with van der Waals surface area (Å²) in [5, 5.41) is 9.09. The predicted molar refractivity (Wildman–Crippen MR) is 76.0 cm³/mol. The van der Waals surface area contributed by atoms with Crippen LogP contribution >= 0.6 is 12.6 Å². The maximum atomic E-state index is 12.1. The Bertz CT molecular complexity index is 558. The van der Waals surface area contributed by atoms with Crippen molar-refractivity contribution in [3.8, 4) is 0 Å². The molecule has 0 aromatic heterocycles. The molecule has 0 radical (unpaired) electrons. The van der Waals surface area contributed by atoms with Gasteiger partial charge in [-0.05, 0) is 32.9 Å². The van der Waals surface area contributed by atoms with Crippen LogP contribution in [0.15, 0.2) is 29.2 Å². The van der Waals surface area contributed by atoms with Crippen molar-refractivity contribution in [2.75, 3.05) is 0 Å². The Balaban J connectivity index is 3.08. The van der Waals surface area contributed by atoms with E-state index in [0.717, 1.165) is 5.56 Å². The zero-order chi connectivity index (χ0) is 14.8. The number of hydrogen-bond donors (Lipinski definition) is 3. The second-order valence-electron chi connectivity index (χ2n) is 4.86. The van der Waals surface area contributed by atoms with E-state index in [0.29, 0.717) is 0 Å². The Kier molecular flexibility index (Phi) is 4.65. The molecule has 0 aliphatic rings. The highest BCUT2D eigenvalue weighted by atomic mass is 32.2. The van der Waals surface area contributed by atoms with Gasteiger partial charge >= 0.3 is 5.97 Å². The van der Waals surface area contributed by atoms with Gasteiger partial charge in [0.2, 0.25) is 10.0 Å². The summed E-state index contributed by atoms with van der Waals surface area (Å²) in [6.45, 7) is 4.90. The van der Waals surface area contributed by atoms with Gasteiger partial charge in [0.05, 0.1) is 4.90 Å². The van der Waals surface area contributed by atoms with E-state index in [1.54, 1.807) is 12.1 Å². The molecule has 0 spiro atoms. The molecule has 0 amide bonds. The lowest BCUT2D eigenvalue weighted by Gasteiger charge is -2.26. The minimum atomic E-state index is -3.88. The monoisotopic (exact) mass is 303 g/mol. The smallest absolute Gasteiger partial charge is 0.323 e. The number of hydrogen-bond acceptors (Lipinski definition) is 4. The highest BCUT2D eigenvalue weighted by Gasteiger charge is 2.36. The van der Waals surface area contributed by atoms with Gasteiger partial charge in [-0.1, -0.05) is 17.7 Å². The maximum Gasteiger partial charge on any atom is 0.323 e. The molecule has 0 fully saturated rings. The van der Waals surface area contributed by atoms with Crippen LogP contribution in [0.4, 0.5) is 0 Å². The average Bonchev–Trinajstić information content (AvgIpc) is 2.24. The summed E-state index contributed by atoms with van der Waals surface area (Å²) in [6.07, 6.45) is 0. The Morgan fingerprint density at radius 1 is 1.32 bits per heavy atom. The Morgan fingerprint density at radius 2 is 1.79 bits per heavy atom. The normalized spacial score (nSPS) is 14.1. The van der Waals surface area contributed by atoms with E-state index < -0.39 is 26.8 Å². The van der Waals surface area contributed by atoms with Crippen molar-refractivity contribution in [2.45, 2.75) is 36.5 Å². The second-order valence-corrected chi connectivity index (χ2v) is 7.73. The van der Waals surface area contributed by atoms with Crippen molar-refractivity contribution in [2.24, 2.45) is 0 Å². The molecule has 1 aromatic carbocycles. The van der Waals surface area contributed by atoms with Crippen molar-refractivity contribution in [1.82, 2.24) is 4.72 Å². The number of sulfonamides is 1. The van der Waals surface area contributed by atoms with E-state index in [2.05, 4.69) is 17.4 Å². The van der Waals surface area contributed by atoms with E-state index in [1.165, 1.54) is 26.0 Å². The van der Waals surface area contributed by atoms with Gasteiger partial charge < -0.3 is 5.11 Å². The molecule has 2 N–H and O–H groups in total. The van der Waals surface area contributed by atoms with Crippen molar-refractivity contribution in [3.63, 3.8) is 0 Å². The highest BCUT2D eigenvalue weighted by Crippen LogP contribution is 2.20. The standard InChI is InChI=1S/C12H17NO4S2/c1-8-4-6-9(7-5-8)19(16,17)13-10(11(14)15)12(2,3)18/h4-7,10,13,18H,1-3H3,(H,14,15). The summed E-state index contributed by atoms with van der Waals surface area (Å²) < 4.78 is 25.3. The summed E-state index contributed by atoms with van der Waals surface area (Å²) in [5.74, 6) is -1.27. The fourth-order valence-electron chi connectivity index (χ4n) is 1.44. The van der Waals surface area contributed by atoms with E-state index in [1.807, 2.05) is 6.92 Å². The third-order valence-corrected chi connectivity index (χ3v) is 4.25. The van der Waals surface area contributed by atoms with Crippen LogP contribution in [0.3, 0.4) is 0 Å². The summed E-state index contributed by atoms with van der Waals surface area (Å²) in [6, 6.07) is 4.85. The van der Waals surface area contributed by atoms with Crippen LogP contribution in [0, 0.1) is 6.92 Å². The molecule has 5 nitrogen and oxygen atoms in total. The van der Waals surface area contributed by atoms with E-state index >= 15 is 0 Å². The maximum absolute atomic E-state index is 12.1. The molecule has 7 heteroatoms. The van der Waals surface area contributed by atoms with Gasteiger partial charge in [0.1, 0.15) is 6.04 Å². The van der Waals surface area contributed by atoms with Crippen LogP contribution in [-0.2, 0) is 14.8 Å². The minimum absolute atomic E-state index is 0.0296. The number of carboxylic acid groups (broad SMARTS) is 1. The first-order valence-electron chi connectivity index (χ1n) is 5.58. The molecule has 0 bridgehead atoms. The zero-order valence-corrected chi connectivity index (χ0v) is 12.6. The molecule has 106 valence electrons. The van der Waals surface area contributed by atoms with Crippen molar-refractivity contribution >= 4 is 28.6 Å². The number of rotatable bonds is 5. The lowest BCUT2D eigenvalue weighted by Crippen LogP contribution is -2.51. The minimum Gasteiger partial charge on any atom is -0.480 e. The first kappa shape index (κ1) is 16.0. The van der Waals surface area contributed by atoms with Gasteiger partial charge in [-0.15, -0.1) is 0 Å². The van der Waals surface area contributed by atoms with Crippen LogP contribution in [-0.4, -0.2) is 30.3 Å². The number of aryl methyl sites for hydroxylation is 1. The fraction of sp³-hybridized carbons (Fsp3) is 0.417. The SMILES string of the molecule is Cc1ccc(S(=O)(=O)NC(C(=O)O)C(C)(C)S)cc1. The lowest BCUT2D eigenvalue weighted by molar-refractivity contribution is -0.139. The largest absolute Gasteiger partial charge is 0.480 e. The Labute approximate surface area is 118 Å². The zero-order valence-electron chi connectivity index (χ0n) is 10.9. The van der Waals surface area contributed by atoms with Gasteiger partial charge in [-0.3, -0.25) is 4.79 Å². The lowest BCUT2D eigenvalue weighted by atomic mass is 10.1. The number of aliphatic carboxylic acids is 1. The fourth-order valence-corrected chi connectivity index (χ4v) is 3.04. The Hall–Kier alpha value is -1.05. The van der Waals surface area contributed by atoms with E-state index in [4.69, 9.17) is 5.11 Å². The second kappa shape index (κ2) is 5.52. The molecule has 1 aromatic rings. The third-order valence-electron chi connectivity index (χ3n) is 2.56. The molecule has 1 unspecified atom stereocenters. The van der Waals surface area contributed by atoms with Crippen LogP contribution in [0.25, 0.3) is 0 Å². The molecule has 1 rings (SSSR count). The molecule has 0 saturated carbocycles. The Morgan fingerprint density at radius 3 is 2.16 bits per heavy atom. The number of benzene rings is 1. The van der Waals surface area contributed by atoms with Gasteiger partial charge in [0.25, 0.3) is 0 Å². The highest BCUT2D eigenvalue weighted by molar-refractivity contribution is 7.89. The summed E-state index contributed by atoms with van der Waals surface area (Å²) in [5.41, 5.74) is 0.920. The molecule has 0 aliphatic heterocycles. The molecule has 19 heavy (non-hydrogen) atoms. The van der Waals surface area contributed by atoms with Gasteiger partial charge in [-0.25, -0.2) is 8.42 Å². The van der Waals surface area contributed by atoms with Crippen LogP contribution in [0.2, 0.25) is 0 Å². The molecule has 0 saturated heterocycles. The molecular weight excluding hydrogens is 286 g/mol. The first-order valence-corrected chi connectivity index (χ1v) is 7.51. The summed E-state index contributed by atoms with van der Waals surface area (Å²) in [4.78, 5) is 11.2. The molecule has 1 atom stereocenters. The molecule has 0 aliphatic carbocycles. The number of thiol groups is 1. The molecular formula is C12H17NO4S2. The number of nitrogens with one attached hydrogen (secondary N) is 1. The van der Waals surface area contributed by atoms with Gasteiger partial charge in [0, 0.05) is 4.75 Å². The van der Waals surface area contributed by atoms with Crippen LogP contribution in [0.1, 0.15) is 19.4 Å². The van der Waals surface area contributed by atoms with Crippen molar-refractivity contribution in [1.29, 1.82) is 0 Å². The van der Waals surface area contributed by atoms with Crippen LogP contribution < -0.4 is 4.72 Å². The summed E-state index contributed by atoms with van der Waals surface area (Å²) in [7, 11) is -3.88. The quantitative estimate of drug-likeness (QED) is 0.719. The van der Waals surface area contributed by atoms with Crippen molar-refractivity contribution < 1.29 is 18.3 Å². The van der Waals surface area contributed by atoms with Crippen molar-refractivity contribution in [3.05, 3.63) is 29.8 Å². The van der Waals surface area contributed by atoms with Gasteiger partial charge in [0.15, 0.2) is 0 Å².